The highest BCUT2D eigenvalue weighted by Gasteiger charge is 2.27. The minimum Gasteiger partial charge on any atom is -0.468 e. The van der Waals surface area contributed by atoms with Crippen molar-refractivity contribution in [3.63, 3.8) is 0 Å². The van der Waals surface area contributed by atoms with E-state index >= 15 is 0 Å². The summed E-state index contributed by atoms with van der Waals surface area (Å²) in [7, 11) is -3.65. The van der Waals surface area contributed by atoms with Gasteiger partial charge < -0.3 is 8.98 Å². The fourth-order valence-corrected chi connectivity index (χ4v) is 4.68. The Morgan fingerprint density at radius 2 is 2.12 bits per heavy atom. The molecule has 0 radical (unpaired) electrons. The maximum atomic E-state index is 12.6. The number of rotatable bonds is 7. The van der Waals surface area contributed by atoms with Crippen molar-refractivity contribution in [2.45, 2.75) is 31.0 Å². The molecule has 0 unspecified atom stereocenters. The Balaban J connectivity index is 1.73. The van der Waals surface area contributed by atoms with Gasteiger partial charge in [-0.1, -0.05) is 0 Å². The third-order valence-electron chi connectivity index (χ3n) is 4.27. The van der Waals surface area contributed by atoms with E-state index in [2.05, 4.69) is 14.6 Å². The second-order valence-electron chi connectivity index (χ2n) is 6.28. The molecule has 0 amide bonds. The highest BCUT2D eigenvalue weighted by atomic mass is 32.2. The average molecular weight is 385 g/mol. The largest absolute Gasteiger partial charge is 0.468 e. The van der Waals surface area contributed by atoms with Gasteiger partial charge in [-0.3, -0.25) is 4.90 Å². The number of hydrogen-bond donors (Lipinski definition) is 1. The van der Waals surface area contributed by atoms with Gasteiger partial charge in [0.15, 0.2) is 5.03 Å². The number of nitrogens with zero attached hydrogens (tertiary/aromatic N) is 3. The Labute approximate surface area is 152 Å². The van der Waals surface area contributed by atoms with Gasteiger partial charge >= 0.3 is 0 Å². The van der Waals surface area contributed by atoms with Crippen LogP contribution in [0.1, 0.15) is 31.7 Å². The van der Waals surface area contributed by atoms with Crippen molar-refractivity contribution in [1.29, 1.82) is 0 Å². The van der Waals surface area contributed by atoms with Crippen LogP contribution in [0.3, 0.4) is 0 Å². The first-order valence-electron chi connectivity index (χ1n) is 8.36. The topological polar surface area (TPSA) is 80.4 Å². The summed E-state index contributed by atoms with van der Waals surface area (Å²) in [6.07, 6.45) is 4.73. The molecule has 1 atom stereocenters. The zero-order chi connectivity index (χ0) is 17.9. The molecule has 25 heavy (non-hydrogen) atoms. The van der Waals surface area contributed by atoms with Crippen molar-refractivity contribution in [3.05, 3.63) is 36.7 Å². The van der Waals surface area contributed by atoms with Crippen LogP contribution < -0.4 is 4.72 Å². The first-order chi connectivity index (χ1) is 12.0. The predicted molar refractivity (Wildman–Crippen MR) is 98.1 cm³/mol. The number of imidazole rings is 1. The summed E-state index contributed by atoms with van der Waals surface area (Å²) in [6, 6.07) is 3.78. The van der Waals surface area contributed by atoms with Gasteiger partial charge in [-0.25, -0.2) is 18.1 Å². The molecule has 3 rings (SSSR count). The number of sulfonamides is 1. The first kappa shape index (κ1) is 18.5. The van der Waals surface area contributed by atoms with E-state index < -0.39 is 10.0 Å². The molecule has 1 saturated heterocycles. The van der Waals surface area contributed by atoms with Crippen molar-refractivity contribution in [2.75, 3.05) is 31.1 Å². The molecule has 1 aliphatic rings. The van der Waals surface area contributed by atoms with Crippen LogP contribution in [0.4, 0.5) is 0 Å². The summed E-state index contributed by atoms with van der Waals surface area (Å²) in [5, 5.41) is 0.0496. The van der Waals surface area contributed by atoms with E-state index in [1.54, 1.807) is 23.4 Å². The highest BCUT2D eigenvalue weighted by Crippen LogP contribution is 2.24. The van der Waals surface area contributed by atoms with Crippen molar-refractivity contribution in [1.82, 2.24) is 19.2 Å². The summed E-state index contributed by atoms with van der Waals surface area (Å²) >= 11 is 1.92. The molecule has 0 aromatic carbocycles. The smallest absolute Gasteiger partial charge is 0.259 e. The van der Waals surface area contributed by atoms with Gasteiger partial charge in [-0.05, 0) is 26.0 Å². The second-order valence-corrected chi connectivity index (χ2v) is 9.22. The Morgan fingerprint density at radius 1 is 1.36 bits per heavy atom. The number of hydrogen-bond acceptors (Lipinski definition) is 6. The molecule has 0 spiro atoms. The molecular formula is C16H24N4O3S2. The lowest BCUT2D eigenvalue weighted by atomic mass is 10.2. The maximum Gasteiger partial charge on any atom is 0.259 e. The van der Waals surface area contributed by atoms with Gasteiger partial charge in [-0.2, -0.15) is 11.8 Å². The Bertz CT molecular complexity index is 765. The van der Waals surface area contributed by atoms with Crippen LogP contribution in [0.25, 0.3) is 0 Å². The number of aromatic nitrogens is 2. The van der Waals surface area contributed by atoms with Crippen LogP contribution in [0.5, 0.6) is 0 Å². The SMILES string of the molecule is CC(C)n1cnc(S(=O)(=O)NC[C@H](c2ccco2)N2CCSCC2)c1. The van der Waals surface area contributed by atoms with Crippen LogP contribution in [0.2, 0.25) is 0 Å². The van der Waals surface area contributed by atoms with E-state index in [-0.39, 0.29) is 23.7 Å². The van der Waals surface area contributed by atoms with Crippen molar-refractivity contribution < 1.29 is 12.8 Å². The molecule has 2 aromatic heterocycles. The monoisotopic (exact) mass is 384 g/mol. The minimum atomic E-state index is -3.65. The summed E-state index contributed by atoms with van der Waals surface area (Å²) in [6.45, 7) is 6.05. The molecule has 0 bridgehead atoms. The summed E-state index contributed by atoms with van der Waals surface area (Å²) in [5.74, 6) is 2.87. The standard InChI is InChI=1S/C16H24N4O3S2/c1-13(2)20-11-16(17-12-20)25(21,22)18-10-14(15-4-3-7-23-15)19-5-8-24-9-6-19/h3-4,7,11-14,18H,5-6,8-10H2,1-2H3/t14-/m1/s1. The van der Waals surface area contributed by atoms with Crippen molar-refractivity contribution in [3.8, 4) is 0 Å². The summed E-state index contributed by atoms with van der Waals surface area (Å²) in [4.78, 5) is 6.30. The zero-order valence-corrected chi connectivity index (χ0v) is 16.1. The van der Waals surface area contributed by atoms with Crippen LogP contribution in [-0.4, -0.2) is 54.0 Å². The molecule has 3 heterocycles. The van der Waals surface area contributed by atoms with E-state index in [0.717, 1.165) is 30.4 Å². The first-order valence-corrected chi connectivity index (χ1v) is 11.0. The molecule has 9 heteroatoms. The lowest BCUT2D eigenvalue weighted by Gasteiger charge is -2.33. The maximum absolute atomic E-state index is 12.6. The van der Waals surface area contributed by atoms with E-state index in [1.807, 2.05) is 37.7 Å². The van der Waals surface area contributed by atoms with E-state index in [9.17, 15) is 8.42 Å². The number of thioether (sulfide) groups is 1. The van der Waals surface area contributed by atoms with Crippen molar-refractivity contribution in [2.24, 2.45) is 0 Å². The molecule has 1 fully saturated rings. The van der Waals surface area contributed by atoms with Crippen LogP contribution >= 0.6 is 11.8 Å². The average Bonchev–Trinajstić information content (AvgIpc) is 3.28. The predicted octanol–water partition coefficient (Wildman–Crippen LogP) is 2.13. The molecule has 1 aliphatic heterocycles. The fourth-order valence-electron chi connectivity index (χ4n) is 2.78. The lowest BCUT2D eigenvalue weighted by Crippen LogP contribution is -2.42. The van der Waals surface area contributed by atoms with Crippen LogP contribution in [0, 0.1) is 0 Å². The lowest BCUT2D eigenvalue weighted by molar-refractivity contribution is 0.193. The van der Waals surface area contributed by atoms with Crippen LogP contribution in [0.15, 0.2) is 40.4 Å². The van der Waals surface area contributed by atoms with Gasteiger partial charge in [0.05, 0.1) is 18.6 Å². The zero-order valence-electron chi connectivity index (χ0n) is 14.5. The van der Waals surface area contributed by atoms with Gasteiger partial charge in [-0.15, -0.1) is 0 Å². The summed E-state index contributed by atoms with van der Waals surface area (Å²) < 4.78 is 35.2. The van der Waals surface area contributed by atoms with E-state index in [0.29, 0.717) is 0 Å². The molecule has 138 valence electrons. The summed E-state index contributed by atoms with van der Waals surface area (Å²) in [5.41, 5.74) is 0. The Kier molecular flexibility index (Phi) is 5.88. The van der Waals surface area contributed by atoms with Gasteiger partial charge in [0.25, 0.3) is 10.0 Å². The molecule has 0 saturated carbocycles. The van der Waals surface area contributed by atoms with Gasteiger partial charge in [0, 0.05) is 43.4 Å². The van der Waals surface area contributed by atoms with Gasteiger partial charge in [0.2, 0.25) is 0 Å². The molecule has 7 nitrogen and oxygen atoms in total. The fraction of sp³-hybridized carbons (Fsp3) is 0.562. The molecule has 0 aliphatic carbocycles. The quantitative estimate of drug-likeness (QED) is 0.788. The number of nitrogens with one attached hydrogen (secondary N) is 1. The Hall–Kier alpha value is -1.29. The molecular weight excluding hydrogens is 360 g/mol. The third-order valence-corrected chi connectivity index (χ3v) is 6.52. The molecule has 2 aromatic rings. The third kappa shape index (κ3) is 4.46. The molecule has 1 N–H and O–H groups in total. The number of furan rings is 1. The normalized spacial score (nSPS) is 17.9. The van der Waals surface area contributed by atoms with E-state index in [1.165, 1.54) is 0 Å². The van der Waals surface area contributed by atoms with Gasteiger partial charge in [0.1, 0.15) is 5.76 Å². The van der Waals surface area contributed by atoms with Crippen molar-refractivity contribution >= 4 is 21.8 Å². The minimum absolute atomic E-state index is 0.0496. The second kappa shape index (κ2) is 7.94. The highest BCUT2D eigenvalue weighted by molar-refractivity contribution is 7.99. The van der Waals surface area contributed by atoms with E-state index in [4.69, 9.17) is 4.42 Å². The Morgan fingerprint density at radius 3 is 2.72 bits per heavy atom. The van der Waals surface area contributed by atoms with Crippen LogP contribution in [-0.2, 0) is 10.0 Å².